The maximum Gasteiger partial charge on any atom is 0.273 e. The summed E-state index contributed by atoms with van der Waals surface area (Å²) in [4.78, 5) is 33.0. The molecule has 0 aliphatic rings. The first-order chi connectivity index (χ1) is 21.2. The Labute approximate surface area is 266 Å². The number of hydrogen-bond donors (Lipinski definition) is 2. The van der Waals surface area contributed by atoms with Gasteiger partial charge in [-0.25, -0.2) is 5.43 Å². The van der Waals surface area contributed by atoms with Crippen molar-refractivity contribution in [3.8, 4) is 5.75 Å². The van der Waals surface area contributed by atoms with Gasteiger partial charge in [-0.1, -0.05) is 37.6 Å². The molecule has 0 radical (unpaired) electrons. The molecule has 44 heavy (non-hydrogen) atoms. The van der Waals surface area contributed by atoms with E-state index in [1.807, 2.05) is 56.6 Å². The largest absolute Gasteiger partial charge is 0.494 e. The summed E-state index contributed by atoms with van der Waals surface area (Å²) in [5.74, 6) is -0.0397. The predicted octanol–water partition coefficient (Wildman–Crippen LogP) is 5.46. The molecule has 0 atom stereocenters. The normalized spacial score (nSPS) is 11.5. The zero-order chi connectivity index (χ0) is 31.9. The SMILES string of the molecule is CCN(CC)CCN(C)Cc1cccc(C(=O)Nc2ccc(Cl)cc2C(=O)NN=Cc2ccc(OCCCN(C)C)cc2)c1. The van der Waals surface area contributed by atoms with Crippen molar-refractivity contribution >= 4 is 35.3 Å². The van der Waals surface area contributed by atoms with Gasteiger partial charge in [-0.15, -0.1) is 0 Å². The number of halogens is 1. The molecule has 0 bridgehead atoms. The Morgan fingerprint density at radius 1 is 0.909 bits per heavy atom. The van der Waals surface area contributed by atoms with Crippen LogP contribution in [-0.4, -0.2) is 93.2 Å². The van der Waals surface area contributed by atoms with Crippen LogP contribution in [0.4, 0.5) is 5.69 Å². The van der Waals surface area contributed by atoms with Crippen LogP contribution in [0.3, 0.4) is 0 Å². The first-order valence-corrected chi connectivity index (χ1v) is 15.4. The number of hydrogen-bond acceptors (Lipinski definition) is 7. The standard InChI is InChI=1S/C34H45ClN6O3/c1-6-41(7-2)20-19-40(5)25-27-10-8-11-28(22-27)33(42)37-32-17-14-29(35)23-31(32)34(43)38-36-24-26-12-15-30(16-13-26)44-21-9-18-39(3)4/h8,10-17,22-24H,6-7,9,18-21,25H2,1-5H3,(H,37,42)(H,38,43). The Bertz CT molecular complexity index is 1380. The minimum absolute atomic E-state index is 0.205. The van der Waals surface area contributed by atoms with E-state index in [4.69, 9.17) is 16.3 Å². The number of likely N-dealkylation sites (N-methyl/N-ethyl adjacent to an activating group) is 2. The van der Waals surface area contributed by atoms with E-state index in [2.05, 4.69) is 51.4 Å². The van der Waals surface area contributed by atoms with Crippen LogP contribution >= 0.6 is 11.6 Å². The number of carbonyl (C=O) groups excluding carboxylic acids is 2. The Morgan fingerprint density at radius 3 is 2.36 bits per heavy atom. The third-order valence-electron chi connectivity index (χ3n) is 7.09. The summed E-state index contributed by atoms with van der Waals surface area (Å²) in [6, 6.07) is 19.7. The van der Waals surface area contributed by atoms with Crippen LogP contribution in [0.25, 0.3) is 0 Å². The second-order valence-corrected chi connectivity index (χ2v) is 11.3. The number of nitrogens with zero attached hydrogens (tertiary/aromatic N) is 4. The summed E-state index contributed by atoms with van der Waals surface area (Å²) in [5, 5.41) is 7.33. The molecule has 9 nitrogen and oxygen atoms in total. The van der Waals surface area contributed by atoms with E-state index in [9.17, 15) is 9.59 Å². The lowest BCUT2D eigenvalue weighted by Crippen LogP contribution is -2.32. The average molecular weight is 621 g/mol. The summed E-state index contributed by atoms with van der Waals surface area (Å²) in [6.45, 7) is 10.6. The summed E-state index contributed by atoms with van der Waals surface area (Å²) < 4.78 is 5.76. The van der Waals surface area contributed by atoms with Crippen LogP contribution in [0.2, 0.25) is 5.02 Å². The number of ether oxygens (including phenoxy) is 1. The van der Waals surface area contributed by atoms with Crippen LogP contribution < -0.4 is 15.5 Å². The number of rotatable bonds is 17. The van der Waals surface area contributed by atoms with Gasteiger partial charge in [0.1, 0.15) is 5.75 Å². The number of amides is 2. The lowest BCUT2D eigenvalue weighted by molar-refractivity contribution is 0.0956. The third-order valence-corrected chi connectivity index (χ3v) is 7.32. The quantitative estimate of drug-likeness (QED) is 0.118. The van der Waals surface area contributed by atoms with E-state index < -0.39 is 5.91 Å². The third kappa shape index (κ3) is 11.7. The maximum absolute atomic E-state index is 13.2. The summed E-state index contributed by atoms with van der Waals surface area (Å²) in [7, 11) is 6.15. The van der Waals surface area contributed by atoms with Crippen molar-refractivity contribution in [3.05, 3.63) is 94.0 Å². The number of benzene rings is 3. The monoisotopic (exact) mass is 620 g/mol. The molecule has 0 saturated carbocycles. The van der Waals surface area contributed by atoms with Crippen LogP contribution in [-0.2, 0) is 6.54 Å². The van der Waals surface area contributed by atoms with E-state index in [-0.39, 0.29) is 11.5 Å². The molecular weight excluding hydrogens is 576 g/mol. The van der Waals surface area contributed by atoms with Gasteiger partial charge in [0.2, 0.25) is 0 Å². The van der Waals surface area contributed by atoms with Gasteiger partial charge in [-0.2, -0.15) is 5.10 Å². The molecular formula is C34H45ClN6O3. The lowest BCUT2D eigenvalue weighted by atomic mass is 10.1. The van der Waals surface area contributed by atoms with Crippen molar-refractivity contribution in [1.82, 2.24) is 20.1 Å². The molecule has 2 amide bonds. The summed E-state index contributed by atoms with van der Waals surface area (Å²) in [5.41, 5.74) is 5.41. The molecule has 0 fully saturated rings. The molecule has 0 aliphatic carbocycles. The number of anilines is 1. The van der Waals surface area contributed by atoms with Gasteiger partial charge in [-0.05, 0) is 106 Å². The van der Waals surface area contributed by atoms with Gasteiger partial charge in [-0.3, -0.25) is 9.59 Å². The number of nitrogens with one attached hydrogen (secondary N) is 2. The van der Waals surface area contributed by atoms with Crippen LogP contribution in [0.5, 0.6) is 5.75 Å². The highest BCUT2D eigenvalue weighted by Gasteiger charge is 2.16. The smallest absolute Gasteiger partial charge is 0.273 e. The Morgan fingerprint density at radius 2 is 1.66 bits per heavy atom. The van der Waals surface area contributed by atoms with Gasteiger partial charge in [0.15, 0.2) is 0 Å². The summed E-state index contributed by atoms with van der Waals surface area (Å²) >= 11 is 6.20. The van der Waals surface area contributed by atoms with E-state index in [1.165, 1.54) is 6.07 Å². The molecule has 0 unspecified atom stereocenters. The molecule has 0 saturated heterocycles. The predicted molar refractivity (Wildman–Crippen MR) is 180 cm³/mol. The molecule has 3 aromatic carbocycles. The molecule has 3 aromatic rings. The molecule has 0 heterocycles. The maximum atomic E-state index is 13.2. The van der Waals surface area contributed by atoms with E-state index in [0.717, 1.165) is 62.6 Å². The fraction of sp³-hybridized carbons (Fsp3) is 0.382. The van der Waals surface area contributed by atoms with Crippen LogP contribution in [0, 0.1) is 0 Å². The molecule has 0 aliphatic heterocycles. The fourth-order valence-corrected chi connectivity index (χ4v) is 4.68. The highest BCUT2D eigenvalue weighted by molar-refractivity contribution is 6.31. The zero-order valence-corrected chi connectivity index (χ0v) is 27.2. The van der Waals surface area contributed by atoms with Crippen molar-refractivity contribution in [1.29, 1.82) is 0 Å². The molecule has 2 N–H and O–H groups in total. The van der Waals surface area contributed by atoms with Crippen LogP contribution in [0.1, 0.15) is 52.1 Å². The first kappa shape index (κ1) is 34.7. The minimum Gasteiger partial charge on any atom is -0.494 e. The Balaban J connectivity index is 1.59. The first-order valence-electron chi connectivity index (χ1n) is 15.0. The molecule has 0 aromatic heterocycles. The fourth-order valence-electron chi connectivity index (χ4n) is 4.51. The van der Waals surface area contributed by atoms with Crippen LogP contribution in [0.15, 0.2) is 71.8 Å². The van der Waals surface area contributed by atoms with Gasteiger partial charge < -0.3 is 24.8 Å². The van der Waals surface area contributed by atoms with Crippen molar-refractivity contribution in [2.24, 2.45) is 5.10 Å². The van der Waals surface area contributed by atoms with Crippen molar-refractivity contribution in [2.45, 2.75) is 26.8 Å². The van der Waals surface area contributed by atoms with Gasteiger partial charge >= 0.3 is 0 Å². The molecule has 236 valence electrons. The van der Waals surface area contributed by atoms with Crippen molar-refractivity contribution in [2.75, 3.05) is 65.8 Å². The Kier molecular flexibility index (Phi) is 14.3. The van der Waals surface area contributed by atoms with Gasteiger partial charge in [0.25, 0.3) is 11.8 Å². The van der Waals surface area contributed by atoms with E-state index in [0.29, 0.717) is 22.9 Å². The van der Waals surface area contributed by atoms with Gasteiger partial charge in [0, 0.05) is 36.8 Å². The Hall–Kier alpha value is -3.76. The number of carbonyl (C=O) groups is 2. The highest BCUT2D eigenvalue weighted by atomic mass is 35.5. The molecule has 0 spiro atoms. The van der Waals surface area contributed by atoms with Crippen molar-refractivity contribution < 1.29 is 14.3 Å². The number of hydrazone groups is 1. The topological polar surface area (TPSA) is 89.5 Å². The lowest BCUT2D eigenvalue weighted by Gasteiger charge is -2.23. The zero-order valence-electron chi connectivity index (χ0n) is 26.5. The van der Waals surface area contributed by atoms with Gasteiger partial charge in [0.05, 0.1) is 24.1 Å². The van der Waals surface area contributed by atoms with E-state index in [1.54, 1.807) is 24.4 Å². The summed E-state index contributed by atoms with van der Waals surface area (Å²) in [6.07, 6.45) is 2.48. The second kappa shape index (κ2) is 18.1. The molecule has 3 rings (SSSR count). The highest BCUT2D eigenvalue weighted by Crippen LogP contribution is 2.22. The minimum atomic E-state index is -0.497. The second-order valence-electron chi connectivity index (χ2n) is 10.9. The molecule has 10 heteroatoms. The average Bonchev–Trinajstić information content (AvgIpc) is 3.01. The van der Waals surface area contributed by atoms with E-state index >= 15 is 0 Å². The van der Waals surface area contributed by atoms with Crippen molar-refractivity contribution in [3.63, 3.8) is 0 Å².